The zero-order valence-corrected chi connectivity index (χ0v) is 15.0. The average molecular weight is 351 g/mol. The minimum atomic E-state index is -0.363. The Bertz CT molecular complexity index is 688. The highest BCUT2D eigenvalue weighted by Gasteiger charge is 2.14. The van der Waals surface area contributed by atoms with Crippen molar-refractivity contribution in [2.24, 2.45) is 0 Å². The average Bonchev–Trinajstić information content (AvgIpc) is 2.88. The van der Waals surface area contributed by atoms with Gasteiger partial charge in [-0.05, 0) is 33.2 Å². The number of likely N-dealkylation sites (N-methyl/N-ethyl adjacent to an activating group) is 1. The van der Waals surface area contributed by atoms with Crippen LogP contribution >= 0.6 is 11.8 Å². The van der Waals surface area contributed by atoms with Gasteiger partial charge in [-0.3, -0.25) is 4.79 Å². The fourth-order valence-electron chi connectivity index (χ4n) is 2.02. The quantitative estimate of drug-likeness (QED) is 0.792. The molecule has 0 atom stereocenters. The topological polar surface area (TPSA) is 58.4 Å². The molecule has 7 heteroatoms. The van der Waals surface area contributed by atoms with E-state index in [1.807, 2.05) is 19.0 Å². The summed E-state index contributed by atoms with van der Waals surface area (Å²) in [5.41, 5.74) is 1.08. The Kier molecular flexibility index (Phi) is 6.81. The van der Waals surface area contributed by atoms with E-state index in [0.29, 0.717) is 29.4 Å². The fourth-order valence-corrected chi connectivity index (χ4v) is 2.87. The Morgan fingerprint density at radius 1 is 1.38 bits per heavy atom. The monoisotopic (exact) mass is 351 g/mol. The molecular formula is C17H22FN3O2S. The molecule has 0 unspecified atom stereocenters. The number of amides is 1. The highest BCUT2D eigenvalue weighted by Crippen LogP contribution is 2.26. The van der Waals surface area contributed by atoms with E-state index in [-0.39, 0.29) is 17.6 Å². The number of nitrogens with one attached hydrogen (secondary N) is 1. The molecule has 0 saturated carbocycles. The van der Waals surface area contributed by atoms with Crippen LogP contribution in [0.4, 0.5) is 4.39 Å². The first kappa shape index (κ1) is 18.5. The molecule has 2 aromatic rings. The van der Waals surface area contributed by atoms with Gasteiger partial charge in [-0.15, -0.1) is 11.8 Å². The third-order valence-electron chi connectivity index (χ3n) is 3.35. The van der Waals surface area contributed by atoms with E-state index < -0.39 is 0 Å². The molecule has 0 fully saturated rings. The van der Waals surface area contributed by atoms with Crippen LogP contribution in [-0.2, 0) is 10.5 Å². The summed E-state index contributed by atoms with van der Waals surface area (Å²) in [7, 11) is 3.92. The Balaban J connectivity index is 1.86. The Morgan fingerprint density at radius 2 is 2.12 bits per heavy atom. The van der Waals surface area contributed by atoms with Crippen molar-refractivity contribution in [3.8, 4) is 11.5 Å². The lowest BCUT2D eigenvalue weighted by Crippen LogP contribution is -2.32. The number of rotatable bonds is 8. The lowest BCUT2D eigenvalue weighted by molar-refractivity contribution is -0.118. The van der Waals surface area contributed by atoms with E-state index in [4.69, 9.17) is 4.42 Å². The predicted octanol–water partition coefficient (Wildman–Crippen LogP) is 2.70. The summed E-state index contributed by atoms with van der Waals surface area (Å²) in [6.45, 7) is 3.24. The molecule has 1 heterocycles. The second kappa shape index (κ2) is 8.84. The van der Waals surface area contributed by atoms with Crippen LogP contribution in [0.25, 0.3) is 11.5 Å². The Morgan fingerprint density at radius 3 is 2.83 bits per heavy atom. The van der Waals surface area contributed by atoms with E-state index in [0.717, 1.165) is 12.2 Å². The number of aromatic nitrogens is 1. The van der Waals surface area contributed by atoms with Crippen LogP contribution in [0.5, 0.6) is 0 Å². The lowest BCUT2D eigenvalue weighted by atomic mass is 10.2. The van der Waals surface area contributed by atoms with Crippen molar-refractivity contribution in [1.82, 2.24) is 15.2 Å². The number of aryl methyl sites for hydroxylation is 1. The van der Waals surface area contributed by atoms with E-state index in [9.17, 15) is 9.18 Å². The van der Waals surface area contributed by atoms with Gasteiger partial charge in [0.2, 0.25) is 11.8 Å². The zero-order valence-electron chi connectivity index (χ0n) is 14.1. The molecule has 0 saturated heterocycles. The summed E-state index contributed by atoms with van der Waals surface area (Å²) in [6, 6.07) is 6.38. The molecule has 0 radical (unpaired) electrons. The van der Waals surface area contributed by atoms with Crippen molar-refractivity contribution < 1.29 is 13.6 Å². The van der Waals surface area contributed by atoms with Crippen LogP contribution < -0.4 is 5.32 Å². The minimum absolute atomic E-state index is 0.00248. The highest BCUT2D eigenvalue weighted by atomic mass is 32.2. The van der Waals surface area contributed by atoms with Crippen LogP contribution in [0, 0.1) is 12.7 Å². The van der Waals surface area contributed by atoms with Gasteiger partial charge in [0.25, 0.3) is 0 Å². The third kappa shape index (κ3) is 5.35. The van der Waals surface area contributed by atoms with Gasteiger partial charge in [-0.25, -0.2) is 9.37 Å². The molecule has 5 nitrogen and oxygen atoms in total. The number of benzene rings is 1. The second-order valence-corrected chi connectivity index (χ2v) is 6.63. The van der Waals surface area contributed by atoms with Gasteiger partial charge in [-0.1, -0.05) is 12.1 Å². The van der Waals surface area contributed by atoms with Crippen molar-refractivity contribution in [3.05, 3.63) is 41.5 Å². The summed E-state index contributed by atoms with van der Waals surface area (Å²) in [5.74, 6) is 1.46. The maximum absolute atomic E-state index is 13.8. The molecular weight excluding hydrogens is 329 g/mol. The standard InChI is InChI=1S/C17H22FN3O2S/c1-12-15(10-24-11-16(22)19-8-9-21(2)3)20-17(23-12)13-6-4-5-7-14(13)18/h4-7H,8-11H2,1-3H3,(H,19,22). The third-order valence-corrected chi connectivity index (χ3v) is 4.29. The van der Waals surface area contributed by atoms with Gasteiger partial charge in [0.1, 0.15) is 11.6 Å². The maximum Gasteiger partial charge on any atom is 0.230 e. The molecule has 130 valence electrons. The number of hydrogen-bond donors (Lipinski definition) is 1. The number of oxazole rings is 1. The number of carbonyl (C=O) groups is 1. The number of carbonyl (C=O) groups excluding carboxylic acids is 1. The maximum atomic E-state index is 13.8. The molecule has 1 amide bonds. The molecule has 1 aromatic heterocycles. The van der Waals surface area contributed by atoms with Crippen molar-refractivity contribution in [2.75, 3.05) is 32.9 Å². The number of nitrogens with zero attached hydrogens (tertiary/aromatic N) is 2. The molecule has 1 aromatic carbocycles. The van der Waals surface area contributed by atoms with E-state index in [1.54, 1.807) is 25.1 Å². The molecule has 0 aliphatic heterocycles. The first-order chi connectivity index (χ1) is 11.5. The Hall–Kier alpha value is -1.86. The van der Waals surface area contributed by atoms with Crippen molar-refractivity contribution in [3.63, 3.8) is 0 Å². The molecule has 0 aliphatic rings. The summed E-state index contributed by atoms with van der Waals surface area (Å²) in [4.78, 5) is 18.1. The number of thioether (sulfide) groups is 1. The predicted molar refractivity (Wildman–Crippen MR) is 94.4 cm³/mol. The van der Waals surface area contributed by atoms with Gasteiger partial charge in [0.05, 0.1) is 17.0 Å². The molecule has 24 heavy (non-hydrogen) atoms. The van der Waals surface area contributed by atoms with Gasteiger partial charge < -0.3 is 14.6 Å². The molecule has 2 rings (SSSR count). The Labute approximate surface area is 145 Å². The second-order valence-electron chi connectivity index (χ2n) is 5.65. The van der Waals surface area contributed by atoms with Crippen molar-refractivity contribution >= 4 is 17.7 Å². The fraction of sp³-hybridized carbons (Fsp3) is 0.412. The SMILES string of the molecule is Cc1oc(-c2ccccc2F)nc1CSCC(=O)NCCN(C)C. The highest BCUT2D eigenvalue weighted by molar-refractivity contribution is 7.99. The van der Waals surface area contributed by atoms with Gasteiger partial charge >= 0.3 is 0 Å². The summed E-state index contributed by atoms with van der Waals surface area (Å²) < 4.78 is 19.3. The van der Waals surface area contributed by atoms with Crippen molar-refractivity contribution in [1.29, 1.82) is 0 Å². The summed E-state index contributed by atoms with van der Waals surface area (Å²) in [5, 5.41) is 2.86. The first-order valence-electron chi connectivity index (χ1n) is 7.67. The summed E-state index contributed by atoms with van der Waals surface area (Å²) in [6.07, 6.45) is 0. The van der Waals surface area contributed by atoms with Crippen LogP contribution in [0.1, 0.15) is 11.5 Å². The van der Waals surface area contributed by atoms with Gasteiger partial charge in [0, 0.05) is 18.8 Å². The van der Waals surface area contributed by atoms with Gasteiger partial charge in [-0.2, -0.15) is 0 Å². The largest absolute Gasteiger partial charge is 0.441 e. The molecule has 0 bridgehead atoms. The first-order valence-corrected chi connectivity index (χ1v) is 8.83. The smallest absolute Gasteiger partial charge is 0.230 e. The van der Waals surface area contributed by atoms with Crippen LogP contribution in [0.2, 0.25) is 0 Å². The molecule has 0 aliphatic carbocycles. The normalized spacial score (nSPS) is 11.0. The van der Waals surface area contributed by atoms with E-state index in [2.05, 4.69) is 10.3 Å². The number of hydrogen-bond acceptors (Lipinski definition) is 5. The zero-order chi connectivity index (χ0) is 17.5. The lowest BCUT2D eigenvalue weighted by Gasteiger charge is -2.10. The number of halogens is 1. The van der Waals surface area contributed by atoms with E-state index in [1.165, 1.54) is 17.8 Å². The molecule has 0 spiro atoms. The van der Waals surface area contributed by atoms with Crippen LogP contribution in [0.3, 0.4) is 0 Å². The van der Waals surface area contributed by atoms with Gasteiger partial charge in [0.15, 0.2) is 0 Å². The van der Waals surface area contributed by atoms with Crippen LogP contribution in [0.15, 0.2) is 28.7 Å². The van der Waals surface area contributed by atoms with Crippen molar-refractivity contribution in [2.45, 2.75) is 12.7 Å². The summed E-state index contributed by atoms with van der Waals surface area (Å²) >= 11 is 1.46. The minimum Gasteiger partial charge on any atom is -0.441 e. The van der Waals surface area contributed by atoms with E-state index >= 15 is 0 Å². The van der Waals surface area contributed by atoms with Crippen LogP contribution in [-0.4, -0.2) is 48.7 Å². The molecule has 1 N–H and O–H groups in total.